The summed E-state index contributed by atoms with van der Waals surface area (Å²) in [5.41, 5.74) is 2.15. The molecule has 66 valence electrons. The molecule has 1 aromatic heterocycles. The molecular formula is C8H10Br2N2. The van der Waals surface area contributed by atoms with Gasteiger partial charge < -0.3 is 0 Å². The minimum absolute atomic E-state index is 0.721. The van der Waals surface area contributed by atoms with Crippen LogP contribution in [0.1, 0.15) is 11.4 Å². The molecule has 1 rings (SSSR count). The molecule has 0 spiro atoms. The molecule has 0 aliphatic heterocycles. The van der Waals surface area contributed by atoms with Gasteiger partial charge in [-0.15, -0.1) is 0 Å². The Morgan fingerprint density at radius 1 is 1.58 bits per heavy atom. The van der Waals surface area contributed by atoms with Crippen molar-refractivity contribution < 1.29 is 0 Å². The molecule has 1 aromatic rings. The number of aryl methyl sites for hydroxylation is 1. The summed E-state index contributed by atoms with van der Waals surface area (Å²) < 4.78 is 3.92. The van der Waals surface area contributed by atoms with Gasteiger partial charge in [-0.1, -0.05) is 22.5 Å². The predicted molar refractivity (Wildman–Crippen MR) is 57.5 cm³/mol. The van der Waals surface area contributed by atoms with Crippen molar-refractivity contribution in [1.29, 1.82) is 0 Å². The highest BCUT2D eigenvalue weighted by atomic mass is 79.9. The minimum atomic E-state index is 0.721. The zero-order valence-corrected chi connectivity index (χ0v) is 10.2. The molecule has 2 nitrogen and oxygen atoms in total. The van der Waals surface area contributed by atoms with Crippen molar-refractivity contribution in [2.45, 2.75) is 20.4 Å². The van der Waals surface area contributed by atoms with E-state index in [2.05, 4.69) is 43.5 Å². The van der Waals surface area contributed by atoms with Crippen molar-refractivity contribution in [3.63, 3.8) is 0 Å². The first-order valence-corrected chi connectivity index (χ1v) is 5.13. The second-order valence-corrected chi connectivity index (χ2v) is 4.57. The van der Waals surface area contributed by atoms with Crippen LogP contribution in [0.2, 0.25) is 0 Å². The highest BCUT2D eigenvalue weighted by Gasteiger charge is 2.07. The third kappa shape index (κ3) is 1.98. The van der Waals surface area contributed by atoms with Crippen molar-refractivity contribution >= 4 is 31.9 Å². The average molecular weight is 294 g/mol. The number of aromatic nitrogens is 2. The zero-order valence-electron chi connectivity index (χ0n) is 7.06. The van der Waals surface area contributed by atoms with Gasteiger partial charge in [-0.3, -0.25) is 4.68 Å². The Kier molecular flexibility index (Phi) is 3.12. The lowest BCUT2D eigenvalue weighted by Crippen LogP contribution is -2.01. The summed E-state index contributed by atoms with van der Waals surface area (Å²) in [5, 5.41) is 4.33. The number of hydrogen-bond donors (Lipinski definition) is 0. The Morgan fingerprint density at radius 2 is 2.17 bits per heavy atom. The summed E-state index contributed by atoms with van der Waals surface area (Å²) >= 11 is 6.77. The van der Waals surface area contributed by atoms with E-state index >= 15 is 0 Å². The van der Waals surface area contributed by atoms with E-state index in [0.717, 1.165) is 26.9 Å². The van der Waals surface area contributed by atoms with Crippen LogP contribution in [0.4, 0.5) is 0 Å². The second kappa shape index (κ2) is 3.75. The van der Waals surface area contributed by atoms with E-state index in [4.69, 9.17) is 0 Å². The van der Waals surface area contributed by atoms with Crippen LogP contribution in [0.15, 0.2) is 15.5 Å². The lowest BCUT2D eigenvalue weighted by atomic mass is 10.4. The van der Waals surface area contributed by atoms with Crippen LogP contribution in [0.25, 0.3) is 0 Å². The number of hydrogen-bond acceptors (Lipinski definition) is 1. The lowest BCUT2D eigenvalue weighted by molar-refractivity contribution is 0.669. The normalized spacial score (nSPS) is 10.3. The van der Waals surface area contributed by atoms with Gasteiger partial charge in [0.1, 0.15) is 0 Å². The largest absolute Gasteiger partial charge is 0.264 e. The van der Waals surface area contributed by atoms with Crippen molar-refractivity contribution in [3.8, 4) is 0 Å². The SMILES string of the molecule is C=C(Br)Cn1nc(C)c(Br)c1C. The van der Waals surface area contributed by atoms with Crippen LogP contribution >= 0.6 is 31.9 Å². The zero-order chi connectivity index (χ0) is 9.30. The van der Waals surface area contributed by atoms with Crippen LogP contribution in [0.3, 0.4) is 0 Å². The van der Waals surface area contributed by atoms with E-state index in [9.17, 15) is 0 Å². The van der Waals surface area contributed by atoms with Crippen LogP contribution in [-0.2, 0) is 6.54 Å². The standard InChI is InChI=1S/C8H10Br2N2/c1-5(9)4-12-7(3)8(10)6(2)11-12/h1,4H2,2-3H3. The molecule has 4 heteroatoms. The fraction of sp³-hybridized carbons (Fsp3) is 0.375. The fourth-order valence-electron chi connectivity index (χ4n) is 0.992. The minimum Gasteiger partial charge on any atom is -0.264 e. The molecule has 0 bridgehead atoms. The lowest BCUT2D eigenvalue weighted by Gasteiger charge is -2.01. The Morgan fingerprint density at radius 3 is 2.50 bits per heavy atom. The third-order valence-corrected chi connectivity index (χ3v) is 3.01. The van der Waals surface area contributed by atoms with E-state index in [1.165, 1.54) is 0 Å². The Labute approximate surface area is 88.9 Å². The maximum atomic E-state index is 4.33. The maximum Gasteiger partial charge on any atom is 0.0738 e. The van der Waals surface area contributed by atoms with Gasteiger partial charge >= 0.3 is 0 Å². The molecule has 0 fully saturated rings. The summed E-state index contributed by atoms with van der Waals surface area (Å²) in [6.07, 6.45) is 0. The molecule has 0 unspecified atom stereocenters. The number of nitrogens with zero attached hydrogens (tertiary/aromatic N) is 2. The summed E-state index contributed by atoms with van der Waals surface area (Å²) in [5.74, 6) is 0. The molecule has 0 atom stereocenters. The molecule has 0 saturated carbocycles. The molecule has 0 aliphatic carbocycles. The third-order valence-electron chi connectivity index (χ3n) is 1.61. The van der Waals surface area contributed by atoms with E-state index in [1.54, 1.807) is 0 Å². The van der Waals surface area contributed by atoms with E-state index in [-0.39, 0.29) is 0 Å². The van der Waals surface area contributed by atoms with Crippen LogP contribution < -0.4 is 0 Å². The predicted octanol–water partition coefficient (Wildman–Crippen LogP) is 3.17. The molecule has 0 aromatic carbocycles. The van der Waals surface area contributed by atoms with Crippen LogP contribution in [0.5, 0.6) is 0 Å². The average Bonchev–Trinajstić information content (AvgIpc) is 2.17. The quantitative estimate of drug-likeness (QED) is 0.819. The first-order chi connectivity index (χ1) is 5.52. The highest BCUT2D eigenvalue weighted by molar-refractivity contribution is 9.11. The van der Waals surface area contributed by atoms with Gasteiger partial charge in [-0.05, 0) is 29.8 Å². The molecule has 0 amide bonds. The summed E-state index contributed by atoms with van der Waals surface area (Å²) in [7, 11) is 0. The van der Waals surface area contributed by atoms with Gasteiger partial charge in [0.15, 0.2) is 0 Å². The van der Waals surface area contributed by atoms with Gasteiger partial charge in [0.25, 0.3) is 0 Å². The second-order valence-electron chi connectivity index (χ2n) is 2.66. The Hall–Kier alpha value is -0.0900. The van der Waals surface area contributed by atoms with Crippen LogP contribution in [-0.4, -0.2) is 9.78 Å². The van der Waals surface area contributed by atoms with Gasteiger partial charge in [-0.25, -0.2) is 0 Å². The van der Waals surface area contributed by atoms with Gasteiger partial charge in [0.2, 0.25) is 0 Å². The molecule has 1 heterocycles. The van der Waals surface area contributed by atoms with Crippen molar-refractivity contribution in [3.05, 3.63) is 26.9 Å². The van der Waals surface area contributed by atoms with Gasteiger partial charge in [-0.2, -0.15) is 5.10 Å². The molecule has 0 saturated heterocycles. The van der Waals surface area contributed by atoms with E-state index < -0.39 is 0 Å². The number of rotatable bonds is 2. The van der Waals surface area contributed by atoms with Gasteiger partial charge in [0.05, 0.1) is 22.4 Å². The maximum absolute atomic E-state index is 4.33. The summed E-state index contributed by atoms with van der Waals surface area (Å²) in [4.78, 5) is 0. The Bertz CT molecular complexity index is 315. The number of halogens is 2. The van der Waals surface area contributed by atoms with E-state index in [1.807, 2.05) is 18.5 Å². The topological polar surface area (TPSA) is 17.8 Å². The highest BCUT2D eigenvalue weighted by Crippen LogP contribution is 2.20. The molecule has 0 aliphatic rings. The molecule has 12 heavy (non-hydrogen) atoms. The van der Waals surface area contributed by atoms with E-state index in [0.29, 0.717) is 0 Å². The Balaban J connectivity index is 3.01. The summed E-state index contributed by atoms with van der Waals surface area (Å²) in [6.45, 7) is 8.50. The van der Waals surface area contributed by atoms with Gasteiger partial charge in [0, 0.05) is 4.48 Å². The first kappa shape index (κ1) is 9.99. The molecule has 0 radical (unpaired) electrons. The van der Waals surface area contributed by atoms with Crippen molar-refractivity contribution in [2.75, 3.05) is 0 Å². The molecular weight excluding hydrogens is 284 g/mol. The molecule has 0 N–H and O–H groups in total. The van der Waals surface area contributed by atoms with Crippen molar-refractivity contribution in [1.82, 2.24) is 9.78 Å². The smallest absolute Gasteiger partial charge is 0.0738 e. The van der Waals surface area contributed by atoms with Crippen LogP contribution in [0, 0.1) is 13.8 Å². The monoisotopic (exact) mass is 292 g/mol. The van der Waals surface area contributed by atoms with Crippen molar-refractivity contribution in [2.24, 2.45) is 0 Å². The number of allylic oxidation sites excluding steroid dienone is 1. The summed E-state index contributed by atoms with van der Waals surface area (Å²) in [6, 6.07) is 0. The fourth-order valence-corrected chi connectivity index (χ4v) is 1.51. The first-order valence-electron chi connectivity index (χ1n) is 3.55.